The average Bonchev–Trinajstić information content (AvgIpc) is 2.69. The summed E-state index contributed by atoms with van der Waals surface area (Å²) in [5.41, 5.74) is 0.220. The topological polar surface area (TPSA) is 58.4 Å². The second kappa shape index (κ2) is 4.94. The van der Waals surface area contributed by atoms with Gasteiger partial charge in [0.25, 0.3) is 0 Å². The molecule has 1 aliphatic rings. The Bertz CT molecular complexity index is 459. The van der Waals surface area contributed by atoms with Crippen molar-refractivity contribution < 1.29 is 9.90 Å². The maximum atomic E-state index is 11.8. The minimum Gasteiger partial charge on any atom is -0.386 e. The third kappa shape index (κ3) is 2.61. The number of aromatic nitrogens is 2. The molecule has 98 valence electrons. The lowest BCUT2D eigenvalue weighted by atomic mass is 9.89. The molecule has 2 heterocycles. The fourth-order valence-corrected chi connectivity index (χ4v) is 2.25. The van der Waals surface area contributed by atoms with Crippen LogP contribution < -0.4 is 0 Å². The lowest BCUT2D eigenvalue weighted by Crippen LogP contribution is -2.63. The molecule has 0 aliphatic carbocycles. The minimum absolute atomic E-state index is 0.0584. The Morgan fingerprint density at radius 3 is 2.89 bits per heavy atom. The molecule has 2 rings (SSSR count). The first-order valence-corrected chi connectivity index (χ1v) is 6.21. The largest absolute Gasteiger partial charge is 0.386 e. The van der Waals surface area contributed by atoms with Crippen molar-refractivity contribution in [3.63, 3.8) is 0 Å². The predicted molar refractivity (Wildman–Crippen MR) is 68.7 cm³/mol. The van der Waals surface area contributed by atoms with Gasteiger partial charge in [-0.05, 0) is 18.6 Å². The summed E-state index contributed by atoms with van der Waals surface area (Å²) >= 11 is 0. The van der Waals surface area contributed by atoms with Gasteiger partial charge in [0.05, 0.1) is 24.4 Å². The molecule has 1 fully saturated rings. The Hall–Kier alpha value is -1.62. The van der Waals surface area contributed by atoms with Crippen LogP contribution in [0, 0.1) is 0 Å². The lowest BCUT2D eigenvalue weighted by molar-refractivity contribution is -0.151. The summed E-state index contributed by atoms with van der Waals surface area (Å²) < 4.78 is 1.70. The smallest absolute Gasteiger partial charge is 0.246 e. The van der Waals surface area contributed by atoms with E-state index in [1.54, 1.807) is 21.9 Å². The molecule has 5 nitrogen and oxygen atoms in total. The predicted octanol–water partition coefficient (Wildman–Crippen LogP) is 0.807. The summed E-state index contributed by atoms with van der Waals surface area (Å²) in [6.45, 7) is 2.91. The maximum Gasteiger partial charge on any atom is 0.246 e. The number of hydrogen-bond donors (Lipinski definition) is 1. The number of aliphatic hydroxyl groups is 1. The molecular formula is C13H19N3O2. The van der Waals surface area contributed by atoms with E-state index < -0.39 is 5.60 Å². The molecule has 1 amide bonds. The van der Waals surface area contributed by atoms with Crippen LogP contribution in [-0.4, -0.2) is 44.4 Å². The van der Waals surface area contributed by atoms with Gasteiger partial charge in [-0.2, -0.15) is 5.10 Å². The van der Waals surface area contributed by atoms with Crippen molar-refractivity contribution in [1.29, 1.82) is 0 Å². The summed E-state index contributed by atoms with van der Waals surface area (Å²) in [7, 11) is 1.83. The normalized spacial score (nSPS) is 18.1. The van der Waals surface area contributed by atoms with Gasteiger partial charge in [0.1, 0.15) is 0 Å². The number of likely N-dealkylation sites (tertiary alicyclic amines) is 1. The molecule has 5 heteroatoms. The molecule has 0 unspecified atom stereocenters. The van der Waals surface area contributed by atoms with Gasteiger partial charge in [0, 0.05) is 19.3 Å². The summed E-state index contributed by atoms with van der Waals surface area (Å²) in [4.78, 5) is 13.5. The molecule has 0 saturated carbocycles. The van der Waals surface area contributed by atoms with E-state index >= 15 is 0 Å². The zero-order chi connectivity index (χ0) is 13.2. The summed E-state index contributed by atoms with van der Waals surface area (Å²) in [6, 6.07) is 1.84. The zero-order valence-corrected chi connectivity index (χ0v) is 10.8. The number of amides is 1. The molecule has 1 saturated heterocycles. The van der Waals surface area contributed by atoms with Crippen molar-refractivity contribution in [3.05, 3.63) is 24.0 Å². The molecule has 1 N–H and O–H groups in total. The highest BCUT2D eigenvalue weighted by molar-refractivity contribution is 5.92. The Balaban J connectivity index is 1.88. The molecule has 0 radical (unpaired) electrons. The van der Waals surface area contributed by atoms with Crippen LogP contribution >= 0.6 is 0 Å². The first-order valence-electron chi connectivity index (χ1n) is 6.21. The second-order valence-corrected chi connectivity index (χ2v) is 4.88. The monoisotopic (exact) mass is 249 g/mol. The van der Waals surface area contributed by atoms with Crippen LogP contribution in [-0.2, 0) is 11.8 Å². The maximum absolute atomic E-state index is 11.8. The quantitative estimate of drug-likeness (QED) is 0.803. The third-order valence-electron chi connectivity index (χ3n) is 3.25. The van der Waals surface area contributed by atoms with E-state index in [9.17, 15) is 9.90 Å². The molecule has 18 heavy (non-hydrogen) atoms. The van der Waals surface area contributed by atoms with Gasteiger partial charge in [-0.1, -0.05) is 13.3 Å². The highest BCUT2D eigenvalue weighted by atomic mass is 16.3. The van der Waals surface area contributed by atoms with E-state index in [2.05, 4.69) is 5.10 Å². The van der Waals surface area contributed by atoms with Crippen molar-refractivity contribution in [1.82, 2.24) is 14.7 Å². The molecular weight excluding hydrogens is 230 g/mol. The molecule has 0 aromatic carbocycles. The summed E-state index contributed by atoms with van der Waals surface area (Å²) in [6.07, 6.45) is 6.65. The Labute approximate surface area is 107 Å². The van der Waals surface area contributed by atoms with Gasteiger partial charge in [0.2, 0.25) is 5.91 Å². The van der Waals surface area contributed by atoms with Gasteiger partial charge < -0.3 is 10.0 Å². The molecule has 0 spiro atoms. The van der Waals surface area contributed by atoms with Crippen LogP contribution in [0.4, 0.5) is 0 Å². The van der Waals surface area contributed by atoms with Crippen LogP contribution in [0.5, 0.6) is 0 Å². The Morgan fingerprint density at radius 1 is 1.61 bits per heavy atom. The lowest BCUT2D eigenvalue weighted by Gasteiger charge is -2.46. The van der Waals surface area contributed by atoms with E-state index in [0.717, 1.165) is 18.5 Å². The number of carbonyl (C=O) groups is 1. The number of carbonyl (C=O) groups excluding carboxylic acids is 1. The zero-order valence-electron chi connectivity index (χ0n) is 10.8. The highest BCUT2D eigenvalue weighted by Gasteiger charge is 2.41. The van der Waals surface area contributed by atoms with Crippen LogP contribution in [0.25, 0.3) is 6.08 Å². The minimum atomic E-state index is -0.662. The van der Waals surface area contributed by atoms with Gasteiger partial charge in [-0.3, -0.25) is 9.48 Å². The van der Waals surface area contributed by atoms with Crippen LogP contribution in [0.2, 0.25) is 0 Å². The van der Waals surface area contributed by atoms with E-state index in [1.807, 2.05) is 20.0 Å². The molecule has 1 aliphatic heterocycles. The first-order chi connectivity index (χ1) is 8.54. The summed E-state index contributed by atoms with van der Waals surface area (Å²) in [5.74, 6) is -0.0584. The van der Waals surface area contributed by atoms with Crippen molar-refractivity contribution >= 4 is 12.0 Å². The van der Waals surface area contributed by atoms with Crippen molar-refractivity contribution in [2.24, 2.45) is 7.05 Å². The number of hydrogen-bond acceptors (Lipinski definition) is 3. The summed E-state index contributed by atoms with van der Waals surface area (Å²) in [5, 5.41) is 14.0. The van der Waals surface area contributed by atoms with Crippen LogP contribution in [0.3, 0.4) is 0 Å². The van der Waals surface area contributed by atoms with Gasteiger partial charge in [0.15, 0.2) is 0 Å². The van der Waals surface area contributed by atoms with Gasteiger partial charge >= 0.3 is 0 Å². The average molecular weight is 249 g/mol. The number of nitrogens with zero attached hydrogens (tertiary/aromatic N) is 3. The molecule has 0 bridgehead atoms. The second-order valence-electron chi connectivity index (χ2n) is 4.88. The third-order valence-corrected chi connectivity index (χ3v) is 3.25. The number of β-amino-alcohol motifs (C(OH)–C–C–N with tert-alkyl or cyclic N) is 1. The van der Waals surface area contributed by atoms with Crippen molar-refractivity contribution in [2.45, 2.75) is 25.4 Å². The van der Waals surface area contributed by atoms with E-state index in [-0.39, 0.29) is 5.91 Å². The molecule has 1 aromatic heterocycles. The standard InChI is InChI=1S/C13H19N3O2/c1-3-7-13(18)9-16(10-13)12(17)5-4-11-6-8-14-15(11)2/h4-6,8,18H,3,7,9-10H2,1-2H3. The first kappa shape index (κ1) is 12.8. The van der Waals surface area contributed by atoms with E-state index in [0.29, 0.717) is 13.1 Å². The Morgan fingerprint density at radius 2 is 2.33 bits per heavy atom. The van der Waals surface area contributed by atoms with Crippen LogP contribution in [0.1, 0.15) is 25.5 Å². The Kier molecular flexibility index (Phi) is 3.52. The fraction of sp³-hybridized carbons (Fsp3) is 0.538. The SMILES string of the molecule is CCCC1(O)CN(C(=O)C=Cc2ccnn2C)C1. The van der Waals surface area contributed by atoms with E-state index in [1.165, 1.54) is 6.08 Å². The number of rotatable bonds is 4. The number of aryl methyl sites for hydroxylation is 1. The molecule has 0 atom stereocenters. The van der Waals surface area contributed by atoms with E-state index in [4.69, 9.17) is 0 Å². The van der Waals surface area contributed by atoms with Gasteiger partial charge in [-0.25, -0.2) is 0 Å². The van der Waals surface area contributed by atoms with Crippen molar-refractivity contribution in [2.75, 3.05) is 13.1 Å². The van der Waals surface area contributed by atoms with Gasteiger partial charge in [-0.15, -0.1) is 0 Å². The fourth-order valence-electron chi connectivity index (χ4n) is 2.25. The van der Waals surface area contributed by atoms with Crippen molar-refractivity contribution in [3.8, 4) is 0 Å². The molecule has 1 aromatic rings. The highest BCUT2D eigenvalue weighted by Crippen LogP contribution is 2.25. The van der Waals surface area contributed by atoms with Crippen LogP contribution in [0.15, 0.2) is 18.3 Å².